The van der Waals surface area contributed by atoms with Gasteiger partial charge in [0.2, 0.25) is 0 Å². The van der Waals surface area contributed by atoms with Crippen molar-refractivity contribution in [1.82, 2.24) is 10.2 Å². The zero-order valence-electron chi connectivity index (χ0n) is 13.3. The summed E-state index contributed by atoms with van der Waals surface area (Å²) in [4.78, 5) is 14.9. The smallest absolute Gasteiger partial charge is 0.255 e. The second-order valence-electron chi connectivity index (χ2n) is 5.32. The van der Waals surface area contributed by atoms with E-state index in [1.54, 1.807) is 26.4 Å². The van der Waals surface area contributed by atoms with Gasteiger partial charge in [0.25, 0.3) is 5.91 Å². The first-order valence-electron chi connectivity index (χ1n) is 7.54. The number of halogens is 1. The van der Waals surface area contributed by atoms with Gasteiger partial charge in [0, 0.05) is 17.1 Å². The van der Waals surface area contributed by atoms with Crippen LogP contribution in [0, 0.1) is 0 Å². The second-order valence-corrected chi connectivity index (χ2v) is 6.24. The van der Waals surface area contributed by atoms with Crippen LogP contribution in [0.4, 0.5) is 0 Å². The molecule has 6 heteroatoms. The number of ether oxygens (including phenoxy) is 2. The molecule has 1 fully saturated rings. The maximum atomic E-state index is 12.5. The van der Waals surface area contributed by atoms with Gasteiger partial charge < -0.3 is 14.8 Å². The molecule has 1 aromatic carbocycles. The molecular weight excluding hydrogens is 347 g/mol. The lowest BCUT2D eigenvalue weighted by atomic mass is 10.1. The lowest BCUT2D eigenvalue weighted by molar-refractivity contribution is 0.0937. The van der Waals surface area contributed by atoms with Crippen molar-refractivity contribution < 1.29 is 14.3 Å². The summed E-state index contributed by atoms with van der Waals surface area (Å²) < 4.78 is 11.4. The molecule has 1 amide bonds. The maximum Gasteiger partial charge on any atom is 0.255 e. The Balaban J connectivity index is 2.10. The minimum atomic E-state index is -0.139. The van der Waals surface area contributed by atoms with Crippen molar-refractivity contribution in [3.8, 4) is 11.5 Å². The number of benzene rings is 1. The van der Waals surface area contributed by atoms with Crippen LogP contribution in [-0.2, 0) is 0 Å². The van der Waals surface area contributed by atoms with Crippen molar-refractivity contribution in [1.29, 1.82) is 0 Å². The molecule has 0 bridgehead atoms. The molecule has 2 rings (SSSR count). The fraction of sp³-hybridized carbons (Fsp3) is 0.562. The summed E-state index contributed by atoms with van der Waals surface area (Å²) in [6, 6.07) is 3.96. The fourth-order valence-electron chi connectivity index (χ4n) is 2.95. The number of likely N-dealkylation sites (tertiary alicyclic amines) is 1. The number of hydrogen-bond acceptors (Lipinski definition) is 4. The molecule has 122 valence electrons. The number of carbonyl (C=O) groups excluding carboxylic acids is 1. The summed E-state index contributed by atoms with van der Waals surface area (Å²) in [5.74, 6) is 0.861. The predicted molar refractivity (Wildman–Crippen MR) is 89.8 cm³/mol. The van der Waals surface area contributed by atoms with E-state index in [9.17, 15) is 4.79 Å². The van der Waals surface area contributed by atoms with Gasteiger partial charge in [0.1, 0.15) is 0 Å². The van der Waals surface area contributed by atoms with Gasteiger partial charge in [-0.05, 0) is 38.1 Å². The molecule has 1 heterocycles. The van der Waals surface area contributed by atoms with Gasteiger partial charge in [0.05, 0.1) is 19.8 Å². The van der Waals surface area contributed by atoms with Gasteiger partial charge in [-0.3, -0.25) is 9.69 Å². The van der Waals surface area contributed by atoms with Gasteiger partial charge in [0.15, 0.2) is 11.5 Å². The Bertz CT molecular complexity index is 536. The zero-order chi connectivity index (χ0) is 16.1. The van der Waals surface area contributed by atoms with Gasteiger partial charge in [-0.2, -0.15) is 0 Å². The summed E-state index contributed by atoms with van der Waals surface area (Å²) in [7, 11) is 3.10. The predicted octanol–water partition coefficient (Wildman–Crippen LogP) is 2.68. The van der Waals surface area contributed by atoms with Crippen LogP contribution in [0.5, 0.6) is 11.5 Å². The van der Waals surface area contributed by atoms with Crippen molar-refractivity contribution in [3.63, 3.8) is 0 Å². The average molecular weight is 370 g/mol. The van der Waals surface area contributed by atoms with E-state index in [-0.39, 0.29) is 5.91 Å². The summed E-state index contributed by atoms with van der Waals surface area (Å²) >= 11 is 3.40. The summed E-state index contributed by atoms with van der Waals surface area (Å²) in [5, 5.41) is 3.02. The largest absolute Gasteiger partial charge is 0.493 e. The molecule has 22 heavy (non-hydrogen) atoms. The number of methoxy groups -OCH3 is 2. The SMILES string of the molecule is CCN1CCCC1CNC(=O)c1cc(Br)cc(OC)c1O[11CH3]. The molecule has 0 radical (unpaired) electrons. The van der Waals surface area contributed by atoms with Crippen LogP contribution in [0.2, 0.25) is 0 Å². The molecule has 1 aromatic rings. The Morgan fingerprint density at radius 2 is 2.18 bits per heavy atom. The number of likely N-dealkylation sites (N-methyl/N-ethyl adjacent to an activating group) is 1. The first-order valence-corrected chi connectivity index (χ1v) is 8.33. The molecule has 1 aliphatic rings. The summed E-state index contributed by atoms with van der Waals surface area (Å²) in [6.45, 7) is 4.95. The molecule has 1 unspecified atom stereocenters. The molecule has 0 aromatic heterocycles. The Morgan fingerprint density at radius 3 is 2.82 bits per heavy atom. The highest BCUT2D eigenvalue weighted by molar-refractivity contribution is 9.10. The van der Waals surface area contributed by atoms with Gasteiger partial charge in [-0.15, -0.1) is 0 Å². The Kier molecular flexibility index (Phi) is 6.08. The molecule has 1 atom stereocenters. The van der Waals surface area contributed by atoms with E-state index in [1.165, 1.54) is 6.42 Å². The normalized spacial score (nSPS) is 18.3. The Morgan fingerprint density at radius 1 is 1.41 bits per heavy atom. The molecule has 0 spiro atoms. The van der Waals surface area contributed by atoms with Crippen LogP contribution >= 0.6 is 15.9 Å². The van der Waals surface area contributed by atoms with Gasteiger partial charge >= 0.3 is 0 Å². The highest BCUT2D eigenvalue weighted by Gasteiger charge is 2.24. The number of hydrogen-bond donors (Lipinski definition) is 1. The van der Waals surface area contributed by atoms with Crippen molar-refractivity contribution in [2.75, 3.05) is 33.9 Å². The molecule has 0 saturated carbocycles. The molecule has 1 N–H and O–H groups in total. The van der Waals surface area contributed by atoms with E-state index >= 15 is 0 Å². The highest BCUT2D eigenvalue weighted by Crippen LogP contribution is 2.34. The number of carbonyl (C=O) groups is 1. The van der Waals surface area contributed by atoms with Gasteiger partial charge in [-0.25, -0.2) is 0 Å². The van der Waals surface area contributed by atoms with Crippen LogP contribution < -0.4 is 14.8 Å². The monoisotopic (exact) mass is 369 g/mol. The number of nitrogens with one attached hydrogen (secondary N) is 1. The molecule has 0 aliphatic carbocycles. The number of amides is 1. The third-order valence-electron chi connectivity index (χ3n) is 4.09. The minimum Gasteiger partial charge on any atom is -0.493 e. The Hall–Kier alpha value is -1.27. The van der Waals surface area contributed by atoms with E-state index in [4.69, 9.17) is 9.47 Å². The lowest BCUT2D eigenvalue weighted by Gasteiger charge is -2.23. The first kappa shape index (κ1) is 17.1. The number of rotatable bonds is 6. The lowest BCUT2D eigenvalue weighted by Crippen LogP contribution is -2.40. The average Bonchev–Trinajstić information content (AvgIpc) is 2.99. The van der Waals surface area contributed by atoms with E-state index in [0.29, 0.717) is 29.6 Å². The molecule has 1 aliphatic heterocycles. The quantitative estimate of drug-likeness (QED) is 0.837. The minimum absolute atomic E-state index is 0.139. The summed E-state index contributed by atoms with van der Waals surface area (Å²) in [5.41, 5.74) is 0.481. The third-order valence-corrected chi connectivity index (χ3v) is 4.55. The molecular formula is C16H23BrN2O3. The van der Waals surface area contributed by atoms with Crippen molar-refractivity contribution in [2.24, 2.45) is 0 Å². The van der Waals surface area contributed by atoms with Crippen LogP contribution in [0.15, 0.2) is 16.6 Å². The van der Waals surface area contributed by atoms with E-state index in [2.05, 4.69) is 33.1 Å². The topological polar surface area (TPSA) is 50.8 Å². The van der Waals surface area contributed by atoms with Crippen LogP contribution in [0.3, 0.4) is 0 Å². The second kappa shape index (κ2) is 7.83. The van der Waals surface area contributed by atoms with Crippen LogP contribution in [0.1, 0.15) is 30.1 Å². The van der Waals surface area contributed by atoms with Crippen LogP contribution in [0.25, 0.3) is 0 Å². The van der Waals surface area contributed by atoms with E-state index in [0.717, 1.165) is 24.0 Å². The van der Waals surface area contributed by atoms with Crippen molar-refractivity contribution in [2.45, 2.75) is 25.8 Å². The third kappa shape index (κ3) is 3.73. The first-order chi connectivity index (χ1) is 10.6. The van der Waals surface area contributed by atoms with Crippen molar-refractivity contribution >= 4 is 21.8 Å². The van der Waals surface area contributed by atoms with Gasteiger partial charge in [-0.1, -0.05) is 22.9 Å². The zero-order valence-corrected chi connectivity index (χ0v) is 14.9. The number of nitrogens with zero attached hydrogens (tertiary/aromatic N) is 1. The van der Waals surface area contributed by atoms with E-state index in [1.807, 2.05) is 0 Å². The standard InChI is InChI=1S/C16H23BrN2O3/c1-4-19-7-5-6-12(19)10-18-16(20)13-8-11(17)9-14(21-2)15(13)22-3/h8-9,12H,4-7,10H2,1-3H3,(H,18,20)/i3-1. The summed E-state index contributed by atoms with van der Waals surface area (Å²) in [6.07, 6.45) is 2.33. The fourth-order valence-corrected chi connectivity index (χ4v) is 3.38. The molecule has 1 saturated heterocycles. The van der Waals surface area contributed by atoms with E-state index < -0.39 is 0 Å². The van der Waals surface area contributed by atoms with Crippen LogP contribution in [-0.4, -0.2) is 50.7 Å². The van der Waals surface area contributed by atoms with Crippen molar-refractivity contribution in [3.05, 3.63) is 22.2 Å². The molecule has 5 nitrogen and oxygen atoms in total. The Labute approximate surface area is 140 Å². The maximum absolute atomic E-state index is 12.5. The highest BCUT2D eigenvalue weighted by atomic mass is 79.9.